The van der Waals surface area contributed by atoms with Crippen LogP contribution in [0.4, 0.5) is 4.39 Å². The molecule has 13 heavy (non-hydrogen) atoms. The van der Waals surface area contributed by atoms with Crippen molar-refractivity contribution >= 4 is 28.9 Å². The van der Waals surface area contributed by atoms with Gasteiger partial charge in [-0.2, -0.15) is 0 Å². The summed E-state index contributed by atoms with van der Waals surface area (Å²) in [4.78, 5) is 0. The molecule has 3 N–H and O–H groups in total. The average molecular weight is 219 g/mol. The van der Waals surface area contributed by atoms with Crippen LogP contribution >= 0.6 is 23.8 Å². The van der Waals surface area contributed by atoms with Crippen molar-refractivity contribution in [2.75, 3.05) is 0 Å². The summed E-state index contributed by atoms with van der Waals surface area (Å²) in [5.41, 5.74) is 6.05. The molecule has 0 heterocycles. The van der Waals surface area contributed by atoms with Crippen LogP contribution in [0.15, 0.2) is 18.2 Å². The van der Waals surface area contributed by atoms with Gasteiger partial charge in [-0.05, 0) is 29.9 Å². The fourth-order valence-electron chi connectivity index (χ4n) is 0.839. The van der Waals surface area contributed by atoms with Crippen LogP contribution in [0.5, 0.6) is 0 Å². The van der Waals surface area contributed by atoms with Crippen molar-refractivity contribution in [1.29, 1.82) is 0 Å². The molecule has 0 aliphatic heterocycles. The summed E-state index contributed by atoms with van der Waals surface area (Å²) in [6, 6.07) is 4.45. The second-order valence-corrected chi connectivity index (χ2v) is 3.31. The molecular weight excluding hydrogens is 211 g/mol. The van der Waals surface area contributed by atoms with E-state index >= 15 is 0 Å². The lowest BCUT2D eigenvalue weighted by Gasteiger charge is -2.04. The Kier molecular flexibility index (Phi) is 3.45. The fraction of sp³-hybridized carbons (Fsp3) is 0.125. The smallest absolute Gasteiger partial charge is 0.163 e. The predicted octanol–water partition coefficient (Wildman–Crippen LogP) is 1.81. The summed E-state index contributed by atoms with van der Waals surface area (Å²) in [7, 11) is 0. The molecule has 2 nitrogen and oxygen atoms in total. The van der Waals surface area contributed by atoms with Crippen molar-refractivity contribution < 1.29 is 4.39 Å². The first-order chi connectivity index (χ1) is 6.09. The van der Waals surface area contributed by atoms with E-state index in [1.165, 1.54) is 12.1 Å². The normalized spacial score (nSPS) is 9.69. The SMILES string of the molecule is NC(=S)NCc1ccc(F)c(Cl)c1. The second kappa shape index (κ2) is 4.39. The Morgan fingerprint density at radius 2 is 2.31 bits per heavy atom. The first kappa shape index (κ1) is 10.2. The molecule has 0 unspecified atom stereocenters. The third-order valence-corrected chi connectivity index (χ3v) is 1.88. The topological polar surface area (TPSA) is 38.0 Å². The van der Waals surface area contributed by atoms with E-state index in [0.717, 1.165) is 5.56 Å². The van der Waals surface area contributed by atoms with E-state index < -0.39 is 5.82 Å². The van der Waals surface area contributed by atoms with Crippen molar-refractivity contribution in [3.8, 4) is 0 Å². The van der Waals surface area contributed by atoms with E-state index in [2.05, 4.69) is 17.5 Å². The molecule has 70 valence electrons. The molecule has 0 aromatic heterocycles. The monoisotopic (exact) mass is 218 g/mol. The lowest BCUT2D eigenvalue weighted by molar-refractivity contribution is 0.627. The first-order valence-electron chi connectivity index (χ1n) is 3.57. The number of nitrogens with one attached hydrogen (secondary N) is 1. The van der Waals surface area contributed by atoms with Gasteiger partial charge in [0.2, 0.25) is 0 Å². The number of hydrogen-bond donors (Lipinski definition) is 2. The summed E-state index contributed by atoms with van der Waals surface area (Å²) >= 11 is 10.2. The van der Waals surface area contributed by atoms with Gasteiger partial charge >= 0.3 is 0 Å². The molecule has 0 radical (unpaired) electrons. The van der Waals surface area contributed by atoms with Gasteiger partial charge in [-0.15, -0.1) is 0 Å². The highest BCUT2D eigenvalue weighted by atomic mass is 35.5. The molecule has 0 aliphatic rings. The number of rotatable bonds is 2. The molecule has 0 fully saturated rings. The fourth-order valence-corrected chi connectivity index (χ4v) is 1.11. The second-order valence-electron chi connectivity index (χ2n) is 2.47. The minimum Gasteiger partial charge on any atom is -0.376 e. The molecule has 0 bridgehead atoms. The summed E-state index contributed by atoms with van der Waals surface area (Å²) in [5.74, 6) is -0.430. The van der Waals surface area contributed by atoms with Crippen LogP contribution < -0.4 is 11.1 Å². The highest BCUT2D eigenvalue weighted by molar-refractivity contribution is 7.80. The summed E-state index contributed by atoms with van der Waals surface area (Å²) in [6.45, 7) is 0.454. The maximum Gasteiger partial charge on any atom is 0.163 e. The summed E-state index contributed by atoms with van der Waals surface area (Å²) in [5, 5.41) is 3.04. The molecule has 0 atom stereocenters. The van der Waals surface area contributed by atoms with Crippen molar-refractivity contribution in [2.45, 2.75) is 6.54 Å². The summed E-state index contributed by atoms with van der Waals surface area (Å²) in [6.07, 6.45) is 0. The zero-order chi connectivity index (χ0) is 9.84. The molecule has 1 aromatic carbocycles. The maximum absolute atomic E-state index is 12.7. The molecular formula is C8H8ClFN2S. The Balaban J connectivity index is 2.68. The van der Waals surface area contributed by atoms with Gasteiger partial charge in [0, 0.05) is 6.54 Å². The largest absolute Gasteiger partial charge is 0.376 e. The third kappa shape index (κ3) is 3.16. The lowest BCUT2D eigenvalue weighted by Crippen LogP contribution is -2.28. The van der Waals surface area contributed by atoms with Gasteiger partial charge in [-0.1, -0.05) is 17.7 Å². The van der Waals surface area contributed by atoms with E-state index in [1.807, 2.05) is 0 Å². The van der Waals surface area contributed by atoms with Crippen LogP contribution in [0.3, 0.4) is 0 Å². The average Bonchev–Trinajstić information content (AvgIpc) is 2.07. The van der Waals surface area contributed by atoms with Crippen LogP contribution in [-0.2, 0) is 6.54 Å². The van der Waals surface area contributed by atoms with Gasteiger partial charge < -0.3 is 11.1 Å². The molecule has 5 heteroatoms. The van der Waals surface area contributed by atoms with Crippen molar-refractivity contribution in [2.24, 2.45) is 5.73 Å². The maximum atomic E-state index is 12.7. The minimum absolute atomic E-state index is 0.0993. The zero-order valence-corrected chi connectivity index (χ0v) is 8.25. The molecule has 1 aromatic rings. The van der Waals surface area contributed by atoms with Crippen molar-refractivity contribution in [1.82, 2.24) is 5.32 Å². The Morgan fingerprint density at radius 3 is 2.85 bits per heavy atom. The van der Waals surface area contributed by atoms with E-state index in [4.69, 9.17) is 17.3 Å². The Hall–Kier alpha value is -0.870. The van der Waals surface area contributed by atoms with Crippen molar-refractivity contribution in [3.63, 3.8) is 0 Å². The van der Waals surface area contributed by atoms with E-state index in [-0.39, 0.29) is 10.1 Å². The molecule has 1 rings (SSSR count). The first-order valence-corrected chi connectivity index (χ1v) is 4.35. The van der Waals surface area contributed by atoms with Crippen LogP contribution in [0.25, 0.3) is 0 Å². The number of hydrogen-bond acceptors (Lipinski definition) is 1. The molecule has 0 saturated carbocycles. The zero-order valence-electron chi connectivity index (χ0n) is 6.68. The molecule has 0 amide bonds. The highest BCUT2D eigenvalue weighted by Crippen LogP contribution is 2.15. The lowest BCUT2D eigenvalue weighted by atomic mass is 10.2. The standard InChI is InChI=1S/C8H8ClFN2S/c9-6-3-5(1-2-7(6)10)4-12-8(11)13/h1-3H,4H2,(H3,11,12,13). The minimum atomic E-state index is -0.430. The van der Waals surface area contributed by atoms with Gasteiger partial charge in [0.1, 0.15) is 5.82 Å². The van der Waals surface area contributed by atoms with Gasteiger partial charge in [0.25, 0.3) is 0 Å². The third-order valence-electron chi connectivity index (χ3n) is 1.45. The van der Waals surface area contributed by atoms with Crippen LogP contribution in [0.1, 0.15) is 5.56 Å². The van der Waals surface area contributed by atoms with Crippen LogP contribution in [-0.4, -0.2) is 5.11 Å². The molecule has 0 aliphatic carbocycles. The van der Waals surface area contributed by atoms with Gasteiger partial charge in [-0.25, -0.2) is 4.39 Å². The van der Waals surface area contributed by atoms with Crippen LogP contribution in [0.2, 0.25) is 5.02 Å². The quantitative estimate of drug-likeness (QED) is 0.744. The molecule has 0 spiro atoms. The number of nitrogens with two attached hydrogens (primary N) is 1. The Labute approximate surface area is 85.9 Å². The Bertz CT molecular complexity index is 330. The summed E-state index contributed by atoms with van der Waals surface area (Å²) < 4.78 is 12.7. The van der Waals surface area contributed by atoms with Gasteiger partial charge in [0.05, 0.1) is 5.02 Å². The predicted molar refractivity (Wildman–Crippen MR) is 55.0 cm³/mol. The number of thiocarbonyl (C=S) groups is 1. The van der Waals surface area contributed by atoms with E-state index in [0.29, 0.717) is 6.54 Å². The van der Waals surface area contributed by atoms with Crippen molar-refractivity contribution in [3.05, 3.63) is 34.6 Å². The van der Waals surface area contributed by atoms with E-state index in [9.17, 15) is 4.39 Å². The van der Waals surface area contributed by atoms with E-state index in [1.54, 1.807) is 6.07 Å². The number of benzene rings is 1. The van der Waals surface area contributed by atoms with Gasteiger partial charge in [0.15, 0.2) is 5.11 Å². The molecule has 0 saturated heterocycles. The van der Waals surface area contributed by atoms with Gasteiger partial charge in [-0.3, -0.25) is 0 Å². The number of halogens is 2. The Morgan fingerprint density at radius 1 is 1.62 bits per heavy atom. The highest BCUT2D eigenvalue weighted by Gasteiger charge is 2.00. The van der Waals surface area contributed by atoms with Crippen LogP contribution in [0, 0.1) is 5.82 Å².